The summed E-state index contributed by atoms with van der Waals surface area (Å²) in [5.41, 5.74) is 5.77. The molecule has 0 aliphatic carbocycles. The highest BCUT2D eigenvalue weighted by molar-refractivity contribution is 8.07. The molecule has 0 saturated carbocycles. The molecule has 25 heteroatoms. The van der Waals surface area contributed by atoms with E-state index in [-0.39, 0.29) is 34.2 Å². The summed E-state index contributed by atoms with van der Waals surface area (Å²) >= 11 is 4.93. The summed E-state index contributed by atoms with van der Waals surface area (Å²) in [5, 5.41) is 54.4. The zero-order valence-corrected chi connectivity index (χ0v) is 24.7. The average Bonchev–Trinajstić information content (AvgIpc) is 3.69. The van der Waals surface area contributed by atoms with Crippen LogP contribution in [0.4, 0.5) is 11.9 Å². The number of rotatable bonds is 8. The predicted octanol–water partition coefficient (Wildman–Crippen LogP) is -4.74. The van der Waals surface area contributed by atoms with E-state index in [1.165, 1.54) is 0 Å². The van der Waals surface area contributed by atoms with Crippen LogP contribution in [0.3, 0.4) is 0 Å². The maximum Gasteiger partial charge on any atom is 0.323 e. The molecule has 2 aliphatic heterocycles. The number of anilines is 2. The predicted molar refractivity (Wildman–Crippen MR) is 154 cm³/mol. The van der Waals surface area contributed by atoms with Crippen LogP contribution in [0.25, 0.3) is 22.3 Å². The van der Waals surface area contributed by atoms with E-state index in [4.69, 9.17) is 25.5 Å². The molecule has 0 bridgehead atoms. The fourth-order valence-corrected chi connectivity index (χ4v) is 7.49. The molecular formula is C20H25N10O12PS2. The number of nitrogen functional groups attached to an aromatic ring is 2. The van der Waals surface area contributed by atoms with Crippen molar-refractivity contribution in [2.24, 2.45) is 0 Å². The second-order valence-electron chi connectivity index (χ2n) is 9.99. The number of aliphatic hydroxyl groups is 5. The Labute approximate surface area is 257 Å². The molecule has 2 saturated heterocycles. The normalized spacial score (nSPS) is 30.4. The van der Waals surface area contributed by atoms with Gasteiger partial charge < -0.3 is 56.3 Å². The zero-order chi connectivity index (χ0) is 32.5. The highest BCUT2D eigenvalue weighted by Gasteiger charge is 2.53. The number of hydrogen-bond donors (Lipinski definition) is 11. The average molecular weight is 693 g/mol. The largest absolute Gasteiger partial charge is 0.387 e. The summed E-state index contributed by atoms with van der Waals surface area (Å²) in [4.78, 5) is 64.6. The molecule has 10 atom stereocenters. The quantitative estimate of drug-likeness (QED) is 0.0610. The third-order valence-corrected chi connectivity index (χ3v) is 9.15. The minimum Gasteiger partial charge on any atom is -0.387 e. The van der Waals surface area contributed by atoms with E-state index in [2.05, 4.69) is 41.7 Å². The monoisotopic (exact) mass is 692 g/mol. The Bertz CT molecular complexity index is 1910. The highest BCUT2D eigenvalue weighted by Crippen LogP contribution is 2.47. The van der Waals surface area contributed by atoms with Crippen molar-refractivity contribution in [3.8, 4) is 0 Å². The maximum absolute atomic E-state index is 12.2. The fraction of sp³-hybridized carbons (Fsp3) is 0.500. The molecule has 13 N–H and O–H groups in total. The van der Waals surface area contributed by atoms with Gasteiger partial charge in [0, 0.05) is 0 Å². The van der Waals surface area contributed by atoms with Gasteiger partial charge in [-0.1, -0.05) is 11.8 Å². The van der Waals surface area contributed by atoms with Crippen molar-refractivity contribution in [3.05, 3.63) is 33.4 Å². The van der Waals surface area contributed by atoms with E-state index in [1.54, 1.807) is 0 Å². The van der Waals surface area contributed by atoms with E-state index in [0.717, 1.165) is 21.8 Å². The first-order valence-electron chi connectivity index (χ1n) is 12.7. The Morgan fingerprint density at radius 2 is 1.31 bits per heavy atom. The Kier molecular flexibility index (Phi) is 8.22. The van der Waals surface area contributed by atoms with Crippen LogP contribution >= 0.6 is 18.5 Å². The number of H-pyrrole nitrogens is 2. The van der Waals surface area contributed by atoms with Gasteiger partial charge in [0.15, 0.2) is 34.8 Å². The van der Waals surface area contributed by atoms with Gasteiger partial charge in [0.2, 0.25) is 11.9 Å². The van der Waals surface area contributed by atoms with Gasteiger partial charge in [-0.15, -0.1) is 0 Å². The molecule has 0 radical (unpaired) electrons. The number of imidazole rings is 2. The lowest BCUT2D eigenvalue weighted by Crippen LogP contribution is -2.42. The molecule has 244 valence electrons. The number of aromatic nitrogens is 8. The van der Waals surface area contributed by atoms with Gasteiger partial charge in [-0.3, -0.25) is 33.2 Å². The van der Waals surface area contributed by atoms with Gasteiger partial charge in [0.25, 0.3) is 11.1 Å². The van der Waals surface area contributed by atoms with Crippen LogP contribution in [0, 0.1) is 0 Å². The lowest BCUT2D eigenvalue weighted by Gasteiger charge is -2.30. The number of nitrogens with two attached hydrogens (primary N) is 2. The van der Waals surface area contributed by atoms with Gasteiger partial charge in [0.05, 0.1) is 12.7 Å². The van der Waals surface area contributed by atoms with Gasteiger partial charge >= 0.3 is 6.72 Å². The first kappa shape index (κ1) is 31.9. The summed E-state index contributed by atoms with van der Waals surface area (Å²) < 4.78 is 18.9. The topological polar surface area (TPSA) is 348 Å². The maximum atomic E-state index is 12.2. The lowest BCUT2D eigenvalue weighted by molar-refractivity contribution is -0.0657. The number of hydrogen-bond acceptors (Lipinski definition) is 18. The van der Waals surface area contributed by atoms with Crippen molar-refractivity contribution >= 4 is 64.5 Å². The number of thioether (sulfide) groups is 1. The number of aromatic amines is 2. The molecule has 4 aromatic heterocycles. The van der Waals surface area contributed by atoms with Gasteiger partial charge in [-0.25, -0.2) is 9.97 Å². The molecule has 0 aromatic carbocycles. The van der Waals surface area contributed by atoms with Crippen molar-refractivity contribution < 1.29 is 49.3 Å². The molecule has 2 fully saturated rings. The van der Waals surface area contributed by atoms with E-state index < -0.39 is 77.8 Å². The molecule has 6 heterocycles. The number of nitrogens with zero attached hydrogens (tertiary/aromatic N) is 6. The van der Waals surface area contributed by atoms with Crippen LogP contribution in [0.15, 0.2) is 22.2 Å². The molecule has 4 aromatic rings. The minimum absolute atomic E-state index is 0.0921. The Morgan fingerprint density at radius 3 is 1.78 bits per heavy atom. The van der Waals surface area contributed by atoms with E-state index in [1.807, 2.05) is 0 Å². The molecule has 2 unspecified atom stereocenters. The first-order chi connectivity index (χ1) is 21.1. The number of aliphatic hydroxyl groups excluding tert-OH is 5. The van der Waals surface area contributed by atoms with E-state index in [9.17, 15) is 44.9 Å². The van der Waals surface area contributed by atoms with E-state index >= 15 is 0 Å². The third kappa shape index (κ3) is 5.73. The highest BCUT2D eigenvalue weighted by atomic mass is 32.5. The smallest absolute Gasteiger partial charge is 0.323 e. The Morgan fingerprint density at radius 1 is 0.867 bits per heavy atom. The first-order valence-corrected chi connectivity index (χ1v) is 16.3. The van der Waals surface area contributed by atoms with Crippen molar-refractivity contribution in [2.75, 3.05) is 11.5 Å². The summed E-state index contributed by atoms with van der Waals surface area (Å²) in [6, 6.07) is 0. The number of ether oxygens (including phenoxy) is 2. The third-order valence-electron chi connectivity index (χ3n) is 7.06. The summed E-state index contributed by atoms with van der Waals surface area (Å²) in [7, 11) is 0. The number of nitrogens with one attached hydrogen (secondary N) is 2. The molecular weight excluding hydrogens is 667 g/mol. The van der Waals surface area contributed by atoms with E-state index in [0.29, 0.717) is 11.8 Å². The van der Waals surface area contributed by atoms with Crippen LogP contribution < -0.4 is 22.6 Å². The van der Waals surface area contributed by atoms with Crippen LogP contribution in [0.2, 0.25) is 0 Å². The van der Waals surface area contributed by atoms with Crippen molar-refractivity contribution in [1.29, 1.82) is 0 Å². The Balaban J connectivity index is 1.26. The zero-order valence-electron chi connectivity index (χ0n) is 22.2. The molecule has 0 amide bonds. The lowest BCUT2D eigenvalue weighted by atomic mass is 10.1. The molecule has 2 aliphatic rings. The van der Waals surface area contributed by atoms with Crippen molar-refractivity contribution in [3.63, 3.8) is 0 Å². The van der Waals surface area contributed by atoms with Crippen molar-refractivity contribution in [1.82, 2.24) is 39.0 Å². The van der Waals surface area contributed by atoms with Crippen molar-refractivity contribution in [2.45, 2.75) is 60.0 Å². The Hall–Kier alpha value is -3.10. The standard InChI is InChI=1S/C20H25N10O12PS2/c21-19-25-11-3(13(35)27-19)23-1-29(11)15-7(33)5(31)9(40-15)17(37)45-18(42-43(38,39)44)10-6(32)8(34)16(41-10)30-2-24-4-12(30)26-20(22)28-14(4)36/h1-2,5-10,15-18,31-34,37H,(H2,38,39,44)(H3,21,25,27,35)(H3,22,26,28,36)/t5-,6-,7+,8+,9-,10-,15+,16+,17?,18?/m0/s1. The van der Waals surface area contributed by atoms with Crippen LogP contribution in [-0.2, 0) is 25.8 Å². The number of fused-ring (bicyclic) bond motifs is 2. The molecule has 22 nitrogen and oxygen atoms in total. The van der Waals surface area contributed by atoms with Gasteiger partial charge in [0.1, 0.15) is 47.5 Å². The second-order valence-corrected chi connectivity index (χ2v) is 13.8. The summed E-state index contributed by atoms with van der Waals surface area (Å²) in [6.07, 6.45) is -11.0. The minimum atomic E-state index is -4.54. The van der Waals surface area contributed by atoms with Crippen LogP contribution in [0.1, 0.15) is 12.5 Å². The fourth-order valence-electron chi connectivity index (χ4n) is 5.06. The summed E-state index contributed by atoms with van der Waals surface area (Å²) in [5.74, 6) is -0.533. The van der Waals surface area contributed by atoms with Crippen LogP contribution in [0.5, 0.6) is 0 Å². The van der Waals surface area contributed by atoms with Gasteiger partial charge in [-0.05, 0) is 11.8 Å². The summed E-state index contributed by atoms with van der Waals surface area (Å²) in [6.45, 7) is -4.54. The molecule has 45 heavy (non-hydrogen) atoms. The second kappa shape index (κ2) is 11.6. The van der Waals surface area contributed by atoms with Crippen LogP contribution in [-0.4, -0.2) is 122 Å². The molecule has 6 rings (SSSR count). The SMILES string of the molecule is Nc1nc2c(ncn2[C@@H]2O[C@H](C(O)SC(OP(O)(O)=S)[C@H]3O[C@@H](n4cnc5c(=O)[nH]c(N)nc54)[C@H](O)[C@@H]3O)[C@@H](O)[C@H]2O)c(=O)[nH]1. The van der Waals surface area contributed by atoms with Gasteiger partial charge in [-0.2, -0.15) is 9.97 Å². The molecule has 0 spiro atoms.